The minimum absolute atomic E-state index is 0.0396. The van der Waals surface area contributed by atoms with Gasteiger partial charge in [-0.3, -0.25) is 14.4 Å². The second-order valence-corrected chi connectivity index (χ2v) is 5.95. The summed E-state index contributed by atoms with van der Waals surface area (Å²) in [5, 5.41) is 5.42. The molecule has 0 heterocycles. The number of nitrogens with one attached hydrogen (secondary N) is 2. The summed E-state index contributed by atoms with van der Waals surface area (Å²) in [5.41, 5.74) is 3.29. The fourth-order valence-corrected chi connectivity index (χ4v) is 2.28. The van der Waals surface area contributed by atoms with Gasteiger partial charge in [0, 0.05) is 28.6 Å². The van der Waals surface area contributed by atoms with Crippen molar-refractivity contribution in [2.45, 2.75) is 27.2 Å². The maximum atomic E-state index is 12.2. The fraction of sp³-hybridized carbons (Fsp3) is 0.190. The Morgan fingerprint density at radius 3 is 1.92 bits per heavy atom. The summed E-state index contributed by atoms with van der Waals surface area (Å²) in [6.45, 7) is 5.12. The molecule has 0 radical (unpaired) electrons. The molecule has 0 aliphatic carbocycles. The fourth-order valence-electron chi connectivity index (χ4n) is 2.28. The molecule has 2 N–H and O–H groups in total. The lowest BCUT2D eigenvalue weighted by atomic mass is 10.1. The normalized spacial score (nSPS) is 11.0. The molecule has 2 amide bonds. The summed E-state index contributed by atoms with van der Waals surface area (Å²) in [6.07, 6.45) is 2.18. The van der Waals surface area contributed by atoms with Gasteiger partial charge in [0.25, 0.3) is 5.91 Å². The third-order valence-corrected chi connectivity index (χ3v) is 3.88. The molecule has 0 bridgehead atoms. The van der Waals surface area contributed by atoms with Gasteiger partial charge in [-0.15, -0.1) is 0 Å². The van der Waals surface area contributed by atoms with E-state index in [1.807, 2.05) is 24.3 Å². The number of anilines is 2. The number of carbonyl (C=O) groups excluding carboxylic acids is 3. The number of aryl methyl sites for hydroxylation is 1. The van der Waals surface area contributed by atoms with Gasteiger partial charge in [0.1, 0.15) is 0 Å². The van der Waals surface area contributed by atoms with Gasteiger partial charge in [-0.2, -0.15) is 0 Å². The molecular weight excluding hydrogens is 328 g/mol. The zero-order valence-corrected chi connectivity index (χ0v) is 15.1. The van der Waals surface area contributed by atoms with Crippen molar-refractivity contribution in [1.82, 2.24) is 0 Å². The quantitative estimate of drug-likeness (QED) is 0.611. The monoisotopic (exact) mass is 350 g/mol. The molecule has 0 saturated carbocycles. The van der Waals surface area contributed by atoms with Gasteiger partial charge in [-0.1, -0.05) is 19.1 Å². The van der Waals surface area contributed by atoms with Crippen molar-refractivity contribution < 1.29 is 14.4 Å². The highest BCUT2D eigenvalue weighted by Gasteiger charge is 2.08. The summed E-state index contributed by atoms with van der Waals surface area (Å²) in [7, 11) is 0. The molecular formula is C21H22N2O3. The van der Waals surface area contributed by atoms with E-state index in [9.17, 15) is 14.4 Å². The van der Waals surface area contributed by atoms with Crippen molar-refractivity contribution in [3.8, 4) is 0 Å². The van der Waals surface area contributed by atoms with Crippen molar-refractivity contribution in [1.29, 1.82) is 0 Å². The Morgan fingerprint density at radius 1 is 0.846 bits per heavy atom. The highest BCUT2D eigenvalue weighted by atomic mass is 16.2. The molecule has 26 heavy (non-hydrogen) atoms. The average Bonchev–Trinajstić information content (AvgIpc) is 2.62. The molecule has 0 unspecified atom stereocenters. The predicted octanol–water partition coefficient (Wildman–Crippen LogP) is 3.98. The average molecular weight is 350 g/mol. The van der Waals surface area contributed by atoms with Crippen LogP contribution in [0.4, 0.5) is 11.4 Å². The molecule has 0 atom stereocenters. The van der Waals surface area contributed by atoms with Gasteiger partial charge < -0.3 is 10.6 Å². The van der Waals surface area contributed by atoms with Crippen molar-refractivity contribution in [3.05, 3.63) is 71.3 Å². The molecule has 0 aliphatic rings. The topological polar surface area (TPSA) is 75.3 Å². The van der Waals surface area contributed by atoms with Crippen LogP contribution in [0.1, 0.15) is 36.7 Å². The van der Waals surface area contributed by atoms with Gasteiger partial charge >= 0.3 is 0 Å². The number of ketones is 1. The van der Waals surface area contributed by atoms with Crippen molar-refractivity contribution in [3.63, 3.8) is 0 Å². The third kappa shape index (κ3) is 5.41. The molecule has 0 aromatic heterocycles. The van der Waals surface area contributed by atoms with Crippen LogP contribution in [-0.2, 0) is 16.0 Å². The van der Waals surface area contributed by atoms with E-state index in [0.29, 0.717) is 22.5 Å². The molecule has 2 aromatic rings. The minimum Gasteiger partial charge on any atom is -0.323 e. The standard InChI is InChI=1S/C21H22N2O3/c1-4-16-5-9-19(10-6-16)23-21(26)14(2)13-20(25)22-18-11-7-17(8-12-18)15(3)24/h5-13H,4H2,1-3H3,(H,22,25)(H,23,26)/b14-13+. The van der Waals surface area contributed by atoms with Gasteiger partial charge in [0.2, 0.25) is 5.91 Å². The van der Waals surface area contributed by atoms with Gasteiger partial charge in [0.15, 0.2) is 5.78 Å². The summed E-state index contributed by atoms with van der Waals surface area (Å²) in [4.78, 5) is 35.5. The van der Waals surface area contributed by atoms with Crippen LogP contribution in [0.5, 0.6) is 0 Å². The zero-order chi connectivity index (χ0) is 19.1. The van der Waals surface area contributed by atoms with Crippen LogP contribution in [0.15, 0.2) is 60.2 Å². The lowest BCUT2D eigenvalue weighted by molar-refractivity contribution is -0.114. The van der Waals surface area contributed by atoms with Crippen LogP contribution in [-0.4, -0.2) is 17.6 Å². The summed E-state index contributed by atoms with van der Waals surface area (Å²) >= 11 is 0. The Labute approximate surface area is 153 Å². The first kappa shape index (κ1) is 19.1. The number of Topliss-reactive ketones (excluding diaryl/α,β-unsaturated/α-hetero) is 1. The zero-order valence-electron chi connectivity index (χ0n) is 15.1. The highest BCUT2D eigenvalue weighted by molar-refractivity contribution is 6.10. The molecule has 2 rings (SSSR count). The van der Waals surface area contributed by atoms with Crippen molar-refractivity contribution >= 4 is 29.0 Å². The van der Waals surface area contributed by atoms with Crippen molar-refractivity contribution in [2.24, 2.45) is 0 Å². The van der Waals surface area contributed by atoms with E-state index in [4.69, 9.17) is 0 Å². The Bertz CT molecular complexity index is 835. The van der Waals surface area contributed by atoms with E-state index >= 15 is 0 Å². The molecule has 5 heteroatoms. The van der Waals surface area contributed by atoms with Gasteiger partial charge in [-0.25, -0.2) is 0 Å². The molecule has 0 spiro atoms. The van der Waals surface area contributed by atoms with Gasteiger partial charge in [0.05, 0.1) is 0 Å². The van der Waals surface area contributed by atoms with E-state index in [1.54, 1.807) is 31.2 Å². The number of carbonyl (C=O) groups is 3. The van der Waals surface area contributed by atoms with E-state index in [1.165, 1.54) is 18.6 Å². The largest absolute Gasteiger partial charge is 0.323 e. The molecule has 2 aromatic carbocycles. The first-order valence-corrected chi connectivity index (χ1v) is 8.39. The highest BCUT2D eigenvalue weighted by Crippen LogP contribution is 2.12. The molecule has 5 nitrogen and oxygen atoms in total. The Balaban J connectivity index is 1.96. The first-order chi connectivity index (χ1) is 12.4. The third-order valence-electron chi connectivity index (χ3n) is 3.88. The number of amides is 2. The molecule has 0 fully saturated rings. The molecule has 134 valence electrons. The number of benzene rings is 2. The van der Waals surface area contributed by atoms with E-state index < -0.39 is 5.91 Å². The number of rotatable bonds is 6. The van der Waals surface area contributed by atoms with Crippen LogP contribution in [0.2, 0.25) is 0 Å². The van der Waals surface area contributed by atoms with Gasteiger partial charge in [-0.05, 0) is 62.2 Å². The molecule has 0 aliphatic heterocycles. The van der Waals surface area contributed by atoms with E-state index in [0.717, 1.165) is 6.42 Å². The minimum atomic E-state index is -0.408. The van der Waals surface area contributed by atoms with Crippen molar-refractivity contribution in [2.75, 3.05) is 10.6 Å². The van der Waals surface area contributed by atoms with Crippen LogP contribution in [0.25, 0.3) is 0 Å². The van der Waals surface area contributed by atoms with E-state index in [-0.39, 0.29) is 11.7 Å². The maximum absolute atomic E-state index is 12.2. The van der Waals surface area contributed by atoms with Crippen LogP contribution in [0.3, 0.4) is 0 Å². The Kier molecular flexibility index (Phi) is 6.44. The Hall–Kier alpha value is -3.21. The van der Waals surface area contributed by atoms with Crippen LogP contribution < -0.4 is 10.6 Å². The predicted molar refractivity (Wildman–Crippen MR) is 103 cm³/mol. The second kappa shape index (κ2) is 8.76. The lowest BCUT2D eigenvalue weighted by Gasteiger charge is -2.07. The summed E-state index contributed by atoms with van der Waals surface area (Å²) in [6, 6.07) is 14.1. The maximum Gasteiger partial charge on any atom is 0.251 e. The van der Waals surface area contributed by atoms with Crippen LogP contribution >= 0.6 is 0 Å². The Morgan fingerprint density at radius 2 is 1.38 bits per heavy atom. The van der Waals surface area contributed by atoms with Crippen LogP contribution in [0, 0.1) is 0 Å². The summed E-state index contributed by atoms with van der Waals surface area (Å²) in [5.74, 6) is -0.784. The lowest BCUT2D eigenvalue weighted by Crippen LogP contribution is -2.16. The number of hydrogen-bond donors (Lipinski definition) is 2. The first-order valence-electron chi connectivity index (χ1n) is 8.39. The second-order valence-electron chi connectivity index (χ2n) is 5.95. The van der Waals surface area contributed by atoms with E-state index in [2.05, 4.69) is 17.6 Å². The molecule has 0 saturated heterocycles. The smallest absolute Gasteiger partial charge is 0.251 e. The SMILES string of the molecule is CCc1ccc(NC(=O)/C(C)=C/C(=O)Nc2ccc(C(C)=O)cc2)cc1. The number of hydrogen-bond acceptors (Lipinski definition) is 3. The summed E-state index contributed by atoms with van der Waals surface area (Å²) < 4.78 is 0.